The third kappa shape index (κ3) is 6.76. The second kappa shape index (κ2) is 14.8. The number of methoxy groups -OCH3 is 3. The van der Waals surface area contributed by atoms with Crippen LogP contribution in [0.3, 0.4) is 0 Å². The first-order chi connectivity index (χ1) is 24.0. The Bertz CT molecular complexity index is 2090. The highest BCUT2D eigenvalue weighted by Gasteiger charge is 2.41. The Morgan fingerprint density at radius 1 is 0.940 bits per heavy atom. The van der Waals surface area contributed by atoms with Gasteiger partial charge < -0.3 is 24.7 Å². The number of hydrogen-bond donors (Lipinski definition) is 1. The highest BCUT2D eigenvalue weighted by atomic mass is 32.2. The van der Waals surface area contributed by atoms with Crippen molar-refractivity contribution < 1.29 is 42.5 Å². The van der Waals surface area contributed by atoms with E-state index < -0.39 is 41.2 Å². The molecular formula is C35H26FN5O8S. The van der Waals surface area contributed by atoms with Crippen LogP contribution >= 0.6 is 11.8 Å². The first-order valence-corrected chi connectivity index (χ1v) is 15.5. The lowest BCUT2D eigenvalue weighted by atomic mass is 9.96. The molecule has 3 aromatic carbocycles. The normalized spacial score (nSPS) is 13.7. The molecule has 1 aliphatic rings. The van der Waals surface area contributed by atoms with Gasteiger partial charge >= 0.3 is 5.97 Å². The van der Waals surface area contributed by atoms with E-state index in [-0.39, 0.29) is 68.0 Å². The molecule has 1 aliphatic heterocycles. The van der Waals surface area contributed by atoms with Gasteiger partial charge in [-0.15, -0.1) is 0 Å². The maximum atomic E-state index is 13.6. The number of ether oxygens (including phenoxy) is 4. The number of rotatable bonds is 11. The number of nitrogen functional groups attached to an aromatic ring is 1. The average Bonchev–Trinajstić information content (AvgIpc) is 3.40. The Balaban J connectivity index is 1.37. The molecule has 0 aliphatic carbocycles. The fraction of sp³-hybridized carbons (Fsp3) is 0.171. The fourth-order valence-electron chi connectivity index (χ4n) is 5.18. The third-order valence-corrected chi connectivity index (χ3v) is 8.76. The van der Waals surface area contributed by atoms with E-state index in [1.165, 1.54) is 57.7 Å². The van der Waals surface area contributed by atoms with E-state index in [0.29, 0.717) is 5.56 Å². The minimum Gasteiger partial charge on any atom is -0.493 e. The molecule has 2 amide bonds. The lowest BCUT2D eigenvalue weighted by Crippen LogP contribution is -2.31. The molecule has 4 aromatic rings. The lowest BCUT2D eigenvalue weighted by molar-refractivity contribution is -0.121. The van der Waals surface area contributed by atoms with Gasteiger partial charge in [0.1, 0.15) is 34.4 Å². The fourth-order valence-corrected chi connectivity index (χ4v) is 6.30. The molecule has 15 heteroatoms. The van der Waals surface area contributed by atoms with Crippen LogP contribution in [0.2, 0.25) is 0 Å². The standard InChI is InChI=1S/C35H26FN5O8S/c1-46-26-12-20(13-27(47-2)31(26)48-3)30-23(15-37)32(39)40-33(24(30)16-38)50-28-14-29(43)41(34(28)44)22-10-6-19(7-11-22)35(45)49-17-25(42)18-4-8-21(36)9-5-18/h4-13,28H,14,17H2,1-3H3,(H2,39,40). The number of ketones is 1. The Morgan fingerprint density at radius 2 is 1.54 bits per heavy atom. The first kappa shape index (κ1) is 34.9. The summed E-state index contributed by atoms with van der Waals surface area (Å²) >= 11 is 0.850. The summed E-state index contributed by atoms with van der Waals surface area (Å²) in [6.45, 7) is -0.575. The highest BCUT2D eigenvalue weighted by Crippen LogP contribution is 2.45. The minimum absolute atomic E-state index is 0.0222. The Labute approximate surface area is 288 Å². The van der Waals surface area contributed by atoms with E-state index in [9.17, 15) is 34.1 Å². The monoisotopic (exact) mass is 695 g/mol. The molecule has 252 valence electrons. The van der Waals surface area contributed by atoms with Crippen LogP contribution in [0.4, 0.5) is 15.9 Å². The van der Waals surface area contributed by atoms with E-state index in [1.54, 1.807) is 12.1 Å². The van der Waals surface area contributed by atoms with E-state index >= 15 is 0 Å². The van der Waals surface area contributed by atoms with Gasteiger partial charge in [0.05, 0.1) is 43.4 Å². The van der Waals surface area contributed by atoms with Gasteiger partial charge in [0.25, 0.3) is 0 Å². The molecule has 2 N–H and O–H groups in total. The van der Waals surface area contributed by atoms with E-state index in [2.05, 4.69) is 11.1 Å². The maximum Gasteiger partial charge on any atom is 0.338 e. The van der Waals surface area contributed by atoms with Crippen molar-refractivity contribution in [3.63, 3.8) is 0 Å². The van der Waals surface area contributed by atoms with Gasteiger partial charge in [-0.3, -0.25) is 14.4 Å². The zero-order valence-corrected chi connectivity index (χ0v) is 27.5. The van der Waals surface area contributed by atoms with E-state index in [0.717, 1.165) is 28.8 Å². The number of pyridine rings is 1. The second-order valence-electron chi connectivity index (χ2n) is 10.5. The van der Waals surface area contributed by atoms with Gasteiger partial charge in [0, 0.05) is 17.5 Å². The van der Waals surface area contributed by atoms with Crippen molar-refractivity contribution in [2.75, 3.05) is 38.6 Å². The topological polar surface area (TPSA) is 195 Å². The zero-order chi connectivity index (χ0) is 36.1. The molecule has 1 unspecified atom stereocenters. The summed E-state index contributed by atoms with van der Waals surface area (Å²) in [5.41, 5.74) is 6.89. The van der Waals surface area contributed by atoms with Crippen molar-refractivity contribution in [2.45, 2.75) is 16.7 Å². The van der Waals surface area contributed by atoms with Crippen LogP contribution in [0.15, 0.2) is 65.7 Å². The van der Waals surface area contributed by atoms with Crippen LogP contribution in [-0.2, 0) is 14.3 Å². The number of benzene rings is 3. The van der Waals surface area contributed by atoms with Crippen molar-refractivity contribution in [1.82, 2.24) is 4.98 Å². The predicted molar refractivity (Wildman–Crippen MR) is 177 cm³/mol. The quantitative estimate of drug-likeness (QED) is 0.129. The highest BCUT2D eigenvalue weighted by molar-refractivity contribution is 8.00. The predicted octanol–water partition coefficient (Wildman–Crippen LogP) is 4.70. The van der Waals surface area contributed by atoms with Gasteiger partial charge in [-0.2, -0.15) is 10.5 Å². The number of carbonyl (C=O) groups excluding carboxylic acids is 4. The third-order valence-electron chi connectivity index (χ3n) is 7.59. The largest absolute Gasteiger partial charge is 0.493 e. The van der Waals surface area contributed by atoms with Gasteiger partial charge in [0.15, 0.2) is 23.9 Å². The molecule has 1 fully saturated rings. The molecule has 1 atom stereocenters. The maximum absolute atomic E-state index is 13.6. The average molecular weight is 696 g/mol. The molecule has 0 radical (unpaired) electrons. The van der Waals surface area contributed by atoms with E-state index in [1.807, 2.05) is 6.07 Å². The number of Topliss-reactive ketones (excluding diaryl/α,β-unsaturated/α-hetero) is 1. The van der Waals surface area contributed by atoms with E-state index in [4.69, 9.17) is 24.7 Å². The summed E-state index contributed by atoms with van der Waals surface area (Å²) in [5, 5.41) is 19.3. The molecule has 0 spiro atoms. The zero-order valence-electron chi connectivity index (χ0n) is 26.7. The Hall–Kier alpha value is -6.45. The number of nitrogens with two attached hydrogens (primary N) is 1. The molecule has 2 heterocycles. The molecule has 1 saturated heterocycles. The van der Waals surface area contributed by atoms with Crippen molar-refractivity contribution in [1.29, 1.82) is 10.5 Å². The molecule has 50 heavy (non-hydrogen) atoms. The van der Waals surface area contributed by atoms with Gasteiger partial charge in [-0.1, -0.05) is 11.8 Å². The van der Waals surface area contributed by atoms with Crippen LogP contribution in [-0.4, -0.2) is 61.7 Å². The van der Waals surface area contributed by atoms with Crippen LogP contribution in [0.1, 0.15) is 38.3 Å². The molecule has 1 aromatic heterocycles. The number of nitriles is 2. The number of carbonyl (C=O) groups is 4. The molecule has 13 nitrogen and oxygen atoms in total. The SMILES string of the molecule is COc1cc(-c2c(C#N)c(N)nc(SC3CC(=O)N(c4ccc(C(=O)OCC(=O)c5ccc(F)cc5)cc4)C3=O)c2C#N)cc(OC)c1OC. The molecule has 5 rings (SSSR count). The van der Waals surface area contributed by atoms with Crippen LogP contribution in [0.5, 0.6) is 17.2 Å². The molecular weight excluding hydrogens is 669 g/mol. The summed E-state index contributed by atoms with van der Waals surface area (Å²) in [6.07, 6.45) is -0.245. The van der Waals surface area contributed by atoms with Gasteiger partial charge in [0.2, 0.25) is 17.6 Å². The summed E-state index contributed by atoms with van der Waals surface area (Å²) in [5.74, 6) is -2.43. The minimum atomic E-state index is -1.01. The number of thioether (sulfide) groups is 1. The molecule has 0 bridgehead atoms. The van der Waals surface area contributed by atoms with Crippen LogP contribution < -0.4 is 24.8 Å². The smallest absolute Gasteiger partial charge is 0.338 e. The van der Waals surface area contributed by atoms with Crippen molar-refractivity contribution in [2.24, 2.45) is 0 Å². The Kier molecular flexibility index (Phi) is 10.3. The number of halogens is 1. The number of hydrogen-bond acceptors (Lipinski definition) is 13. The first-order valence-electron chi connectivity index (χ1n) is 14.6. The molecule has 0 saturated carbocycles. The summed E-state index contributed by atoms with van der Waals surface area (Å²) in [6, 6.07) is 17.3. The van der Waals surface area contributed by atoms with Crippen LogP contribution in [0, 0.1) is 28.5 Å². The number of amides is 2. The van der Waals surface area contributed by atoms with Crippen molar-refractivity contribution in [3.8, 4) is 40.5 Å². The lowest BCUT2D eigenvalue weighted by Gasteiger charge is -2.18. The van der Waals surface area contributed by atoms with Crippen molar-refractivity contribution >= 4 is 46.8 Å². The summed E-state index contributed by atoms with van der Waals surface area (Å²) in [4.78, 5) is 56.7. The van der Waals surface area contributed by atoms with Gasteiger partial charge in [-0.05, 0) is 66.2 Å². The second-order valence-corrected chi connectivity index (χ2v) is 11.7. The van der Waals surface area contributed by atoms with Crippen molar-refractivity contribution in [3.05, 3.63) is 88.7 Å². The Morgan fingerprint density at radius 3 is 2.10 bits per heavy atom. The number of anilines is 2. The van der Waals surface area contributed by atoms with Crippen LogP contribution in [0.25, 0.3) is 11.1 Å². The number of esters is 1. The number of nitrogens with zero attached hydrogens (tertiary/aromatic N) is 4. The van der Waals surface area contributed by atoms with Gasteiger partial charge in [-0.25, -0.2) is 19.1 Å². The number of aromatic nitrogens is 1. The number of imide groups is 1. The summed E-state index contributed by atoms with van der Waals surface area (Å²) < 4.78 is 34.5. The summed E-state index contributed by atoms with van der Waals surface area (Å²) in [7, 11) is 4.25.